The molecule has 2 rings (SSSR count). The van der Waals surface area contributed by atoms with Crippen LogP contribution < -0.4 is 11.1 Å². The summed E-state index contributed by atoms with van der Waals surface area (Å²) in [4.78, 5) is 25.4. The lowest BCUT2D eigenvalue weighted by molar-refractivity contribution is -0.385. The molecule has 1 amide bonds. The van der Waals surface area contributed by atoms with Crippen LogP contribution in [0, 0.1) is 15.9 Å². The summed E-state index contributed by atoms with van der Waals surface area (Å²) in [6, 6.07) is 7.03. The average Bonchev–Trinajstić information content (AvgIpc) is 2.47. The van der Waals surface area contributed by atoms with Crippen LogP contribution in [-0.2, 0) is 6.42 Å². The molecule has 0 saturated heterocycles. The Morgan fingerprint density at radius 1 is 1.48 bits per heavy atom. The number of hydrogen-bond donors (Lipinski definition) is 2. The number of nitro groups is 1. The van der Waals surface area contributed by atoms with E-state index < -0.39 is 10.8 Å². The van der Waals surface area contributed by atoms with E-state index in [1.54, 1.807) is 12.1 Å². The predicted octanol–water partition coefficient (Wildman–Crippen LogP) is 2.27. The highest BCUT2D eigenvalue weighted by Crippen LogP contribution is 2.20. The molecular weight excluding hydrogens is 303 g/mol. The Morgan fingerprint density at radius 2 is 2.22 bits per heavy atom. The van der Waals surface area contributed by atoms with Gasteiger partial charge < -0.3 is 11.1 Å². The minimum atomic E-state index is -0.818. The van der Waals surface area contributed by atoms with Crippen LogP contribution in [0.25, 0.3) is 0 Å². The van der Waals surface area contributed by atoms with Gasteiger partial charge in [-0.3, -0.25) is 14.9 Å². The molecular formula is C15H15FN4O3. The fourth-order valence-corrected chi connectivity index (χ4v) is 2.16. The first-order chi connectivity index (χ1) is 10.9. The Morgan fingerprint density at radius 3 is 2.83 bits per heavy atom. The van der Waals surface area contributed by atoms with Gasteiger partial charge in [0.25, 0.3) is 11.6 Å². The third-order valence-corrected chi connectivity index (χ3v) is 3.16. The Bertz CT molecular complexity index is 751. The van der Waals surface area contributed by atoms with Crippen LogP contribution in [0.15, 0.2) is 36.5 Å². The van der Waals surface area contributed by atoms with Gasteiger partial charge in [0.05, 0.1) is 10.5 Å². The first-order valence-electron chi connectivity index (χ1n) is 6.82. The molecule has 0 radical (unpaired) electrons. The van der Waals surface area contributed by atoms with Crippen LogP contribution in [0.2, 0.25) is 0 Å². The monoisotopic (exact) mass is 318 g/mol. The van der Waals surface area contributed by atoms with Crippen molar-refractivity contribution in [2.75, 3.05) is 5.32 Å². The van der Waals surface area contributed by atoms with E-state index in [9.17, 15) is 19.3 Å². The van der Waals surface area contributed by atoms with E-state index in [0.29, 0.717) is 6.42 Å². The van der Waals surface area contributed by atoms with Crippen molar-refractivity contribution < 1.29 is 14.1 Å². The zero-order valence-corrected chi connectivity index (χ0v) is 12.3. The van der Waals surface area contributed by atoms with Crippen LogP contribution in [-0.4, -0.2) is 21.9 Å². The van der Waals surface area contributed by atoms with Crippen LogP contribution >= 0.6 is 0 Å². The van der Waals surface area contributed by atoms with E-state index in [-0.39, 0.29) is 28.9 Å². The maximum Gasteiger partial charge on any atom is 0.288 e. The number of pyridine rings is 1. The molecule has 0 aliphatic heterocycles. The highest BCUT2D eigenvalue weighted by Gasteiger charge is 2.17. The van der Waals surface area contributed by atoms with Crippen molar-refractivity contribution in [2.24, 2.45) is 5.73 Å². The fraction of sp³-hybridized carbons (Fsp3) is 0.200. The van der Waals surface area contributed by atoms with E-state index in [4.69, 9.17) is 5.73 Å². The van der Waals surface area contributed by atoms with Gasteiger partial charge in [0.1, 0.15) is 17.8 Å². The van der Waals surface area contributed by atoms with Crippen LogP contribution in [0.3, 0.4) is 0 Å². The van der Waals surface area contributed by atoms with Gasteiger partial charge in [-0.1, -0.05) is 12.1 Å². The highest BCUT2D eigenvalue weighted by molar-refractivity contribution is 5.98. The molecule has 1 aromatic heterocycles. The van der Waals surface area contributed by atoms with Crippen molar-refractivity contribution in [3.63, 3.8) is 0 Å². The van der Waals surface area contributed by atoms with Gasteiger partial charge in [0, 0.05) is 12.1 Å². The number of primary amides is 1. The van der Waals surface area contributed by atoms with Gasteiger partial charge in [-0.15, -0.1) is 0 Å². The van der Waals surface area contributed by atoms with Crippen molar-refractivity contribution in [3.05, 3.63) is 63.6 Å². The summed E-state index contributed by atoms with van der Waals surface area (Å²) >= 11 is 0. The Balaban J connectivity index is 2.18. The lowest BCUT2D eigenvalue weighted by atomic mass is 10.1. The largest absolute Gasteiger partial charge is 0.367 e. The maximum atomic E-state index is 13.2. The van der Waals surface area contributed by atoms with Gasteiger partial charge in [0.2, 0.25) is 0 Å². The van der Waals surface area contributed by atoms with Crippen molar-refractivity contribution in [3.8, 4) is 0 Å². The topological polar surface area (TPSA) is 111 Å². The number of hydrogen-bond acceptors (Lipinski definition) is 5. The number of anilines is 1. The molecule has 23 heavy (non-hydrogen) atoms. The number of rotatable bonds is 6. The molecule has 1 unspecified atom stereocenters. The predicted molar refractivity (Wildman–Crippen MR) is 82.6 cm³/mol. The first kappa shape index (κ1) is 16.3. The molecule has 7 nitrogen and oxygen atoms in total. The van der Waals surface area contributed by atoms with Crippen LogP contribution in [0.1, 0.15) is 22.8 Å². The van der Waals surface area contributed by atoms with Gasteiger partial charge in [-0.25, -0.2) is 9.37 Å². The van der Waals surface area contributed by atoms with E-state index in [1.165, 1.54) is 12.1 Å². The summed E-state index contributed by atoms with van der Waals surface area (Å²) in [6.07, 6.45) is 1.53. The minimum absolute atomic E-state index is 0.0645. The number of benzene rings is 1. The molecule has 0 aliphatic rings. The Kier molecular flexibility index (Phi) is 4.85. The van der Waals surface area contributed by atoms with Gasteiger partial charge in [0.15, 0.2) is 0 Å². The quantitative estimate of drug-likeness (QED) is 0.627. The second-order valence-electron chi connectivity index (χ2n) is 5.09. The number of aromatic nitrogens is 1. The van der Waals surface area contributed by atoms with Gasteiger partial charge >= 0.3 is 0 Å². The molecule has 2 aromatic rings. The van der Waals surface area contributed by atoms with Crippen LogP contribution in [0.4, 0.5) is 15.9 Å². The highest BCUT2D eigenvalue weighted by atomic mass is 19.1. The molecule has 0 saturated carbocycles. The normalized spacial score (nSPS) is 11.7. The lowest BCUT2D eigenvalue weighted by Gasteiger charge is -2.16. The minimum Gasteiger partial charge on any atom is -0.367 e. The number of carbonyl (C=O) groups is 1. The van der Waals surface area contributed by atoms with E-state index >= 15 is 0 Å². The molecule has 3 N–H and O–H groups in total. The zero-order valence-electron chi connectivity index (χ0n) is 12.3. The summed E-state index contributed by atoms with van der Waals surface area (Å²) < 4.78 is 13.2. The van der Waals surface area contributed by atoms with Crippen LogP contribution in [0.5, 0.6) is 0 Å². The first-order valence-corrected chi connectivity index (χ1v) is 6.82. The second kappa shape index (κ2) is 6.82. The van der Waals surface area contributed by atoms with E-state index in [1.807, 2.05) is 6.92 Å². The molecule has 0 aliphatic carbocycles. The number of nitrogens with zero attached hydrogens (tertiary/aromatic N) is 2. The number of carbonyl (C=O) groups excluding carboxylic acids is 1. The van der Waals surface area contributed by atoms with Gasteiger partial charge in [-0.05, 0) is 31.0 Å². The summed E-state index contributed by atoms with van der Waals surface area (Å²) in [5.41, 5.74) is 5.63. The van der Waals surface area contributed by atoms with Gasteiger partial charge in [-0.2, -0.15) is 0 Å². The third kappa shape index (κ3) is 4.22. The average molecular weight is 318 g/mol. The summed E-state index contributed by atoms with van der Waals surface area (Å²) in [6.45, 7) is 1.82. The SMILES string of the molecule is CC(Cc1cccc(F)c1)Nc1ncc([N+](=O)[O-])cc1C(N)=O. The molecule has 0 fully saturated rings. The Labute approximate surface area is 131 Å². The van der Waals surface area contributed by atoms with Crippen molar-refractivity contribution in [1.29, 1.82) is 0 Å². The summed E-state index contributed by atoms with van der Waals surface area (Å²) in [7, 11) is 0. The smallest absolute Gasteiger partial charge is 0.288 e. The molecule has 8 heteroatoms. The molecule has 1 atom stereocenters. The summed E-state index contributed by atoms with van der Waals surface area (Å²) in [5.74, 6) is -0.991. The number of halogens is 1. The standard InChI is InChI=1S/C15H15FN4O3/c1-9(5-10-3-2-4-11(16)6-10)19-15-13(14(17)21)7-12(8-18-15)20(22)23/h2-4,6-9H,5H2,1H3,(H2,17,21)(H,18,19). The van der Waals surface area contributed by atoms with Crippen molar-refractivity contribution in [1.82, 2.24) is 4.98 Å². The zero-order chi connectivity index (χ0) is 17.0. The number of amides is 1. The molecule has 120 valence electrons. The Hall–Kier alpha value is -3.03. The number of nitrogens with one attached hydrogen (secondary N) is 1. The van der Waals surface area contributed by atoms with Crippen molar-refractivity contribution in [2.45, 2.75) is 19.4 Å². The maximum absolute atomic E-state index is 13.2. The lowest BCUT2D eigenvalue weighted by Crippen LogP contribution is -2.23. The summed E-state index contributed by atoms with van der Waals surface area (Å²) in [5, 5.41) is 13.7. The molecule has 0 spiro atoms. The fourth-order valence-electron chi connectivity index (χ4n) is 2.16. The third-order valence-electron chi connectivity index (χ3n) is 3.16. The molecule has 0 bridgehead atoms. The van der Waals surface area contributed by atoms with E-state index in [2.05, 4.69) is 10.3 Å². The molecule has 1 aromatic carbocycles. The molecule has 1 heterocycles. The number of nitrogens with two attached hydrogens (primary N) is 1. The van der Waals surface area contributed by atoms with E-state index in [0.717, 1.165) is 17.8 Å². The van der Waals surface area contributed by atoms with Crippen molar-refractivity contribution >= 4 is 17.4 Å². The second-order valence-corrected chi connectivity index (χ2v) is 5.09.